The van der Waals surface area contributed by atoms with E-state index in [0.29, 0.717) is 12.8 Å². The van der Waals surface area contributed by atoms with Crippen molar-refractivity contribution in [3.05, 3.63) is 0 Å². The third-order valence-corrected chi connectivity index (χ3v) is 1.96. The standard InChI is InChI=1S/C9H18F2N2O2/c1-2-3-7(12)9(15)13(4-5-14)6-8(10)11/h7-8,14H,2-6,12H2,1H3/t7-/m0/s1. The number of aliphatic hydroxyl groups excluding tert-OH is 1. The average molecular weight is 224 g/mol. The molecule has 0 aromatic heterocycles. The summed E-state index contributed by atoms with van der Waals surface area (Å²) in [4.78, 5) is 12.4. The average Bonchev–Trinajstić information content (AvgIpc) is 2.16. The Morgan fingerprint density at radius 3 is 2.53 bits per heavy atom. The van der Waals surface area contributed by atoms with Crippen LogP contribution in [0.25, 0.3) is 0 Å². The smallest absolute Gasteiger partial charge is 0.255 e. The van der Waals surface area contributed by atoms with Gasteiger partial charge >= 0.3 is 0 Å². The highest BCUT2D eigenvalue weighted by molar-refractivity contribution is 5.81. The van der Waals surface area contributed by atoms with Gasteiger partial charge in [0.05, 0.1) is 19.2 Å². The van der Waals surface area contributed by atoms with Crippen LogP contribution in [0.1, 0.15) is 19.8 Å². The van der Waals surface area contributed by atoms with Crippen molar-refractivity contribution in [1.29, 1.82) is 0 Å². The summed E-state index contributed by atoms with van der Waals surface area (Å²) in [6.45, 7) is 0.755. The second-order valence-electron chi connectivity index (χ2n) is 3.29. The van der Waals surface area contributed by atoms with Crippen molar-refractivity contribution < 1.29 is 18.7 Å². The summed E-state index contributed by atoms with van der Waals surface area (Å²) >= 11 is 0. The molecular formula is C9H18F2N2O2. The number of nitrogens with zero attached hydrogens (tertiary/aromatic N) is 1. The highest BCUT2D eigenvalue weighted by atomic mass is 19.3. The summed E-state index contributed by atoms with van der Waals surface area (Å²) < 4.78 is 24.2. The lowest BCUT2D eigenvalue weighted by Gasteiger charge is -2.24. The molecule has 0 aromatic rings. The zero-order valence-corrected chi connectivity index (χ0v) is 8.83. The first kappa shape index (κ1) is 14.2. The third-order valence-electron chi connectivity index (χ3n) is 1.96. The highest BCUT2D eigenvalue weighted by Crippen LogP contribution is 2.03. The van der Waals surface area contributed by atoms with E-state index in [-0.39, 0.29) is 13.2 Å². The number of nitrogens with two attached hydrogens (primary N) is 1. The van der Waals surface area contributed by atoms with Crippen LogP contribution in [0.5, 0.6) is 0 Å². The maximum Gasteiger partial charge on any atom is 0.255 e. The van der Waals surface area contributed by atoms with Crippen molar-refractivity contribution in [2.24, 2.45) is 5.73 Å². The van der Waals surface area contributed by atoms with E-state index in [1.165, 1.54) is 0 Å². The van der Waals surface area contributed by atoms with Crippen molar-refractivity contribution in [2.45, 2.75) is 32.2 Å². The Morgan fingerprint density at radius 1 is 1.53 bits per heavy atom. The topological polar surface area (TPSA) is 66.6 Å². The van der Waals surface area contributed by atoms with Crippen LogP contribution in [0, 0.1) is 0 Å². The first-order valence-electron chi connectivity index (χ1n) is 4.96. The van der Waals surface area contributed by atoms with Crippen LogP contribution >= 0.6 is 0 Å². The van der Waals surface area contributed by atoms with E-state index >= 15 is 0 Å². The Hall–Kier alpha value is -0.750. The maximum absolute atomic E-state index is 12.1. The molecule has 0 fully saturated rings. The molecule has 0 spiro atoms. The lowest BCUT2D eigenvalue weighted by Crippen LogP contribution is -2.46. The van der Waals surface area contributed by atoms with Gasteiger partial charge in [0.25, 0.3) is 6.43 Å². The summed E-state index contributed by atoms with van der Waals surface area (Å²) in [5.74, 6) is -0.522. The molecule has 0 aliphatic heterocycles. The summed E-state index contributed by atoms with van der Waals surface area (Å²) in [7, 11) is 0. The molecule has 0 unspecified atom stereocenters. The van der Waals surface area contributed by atoms with Gasteiger partial charge in [0.15, 0.2) is 0 Å². The number of rotatable bonds is 7. The lowest BCUT2D eigenvalue weighted by molar-refractivity contribution is -0.135. The van der Waals surface area contributed by atoms with Crippen molar-refractivity contribution in [2.75, 3.05) is 19.7 Å². The molecule has 0 saturated heterocycles. The van der Waals surface area contributed by atoms with Gasteiger partial charge in [0, 0.05) is 6.54 Å². The Kier molecular flexibility index (Phi) is 7.15. The summed E-state index contributed by atoms with van der Waals surface area (Å²) in [5.41, 5.74) is 5.52. The fraction of sp³-hybridized carbons (Fsp3) is 0.889. The Labute approximate surface area is 88.0 Å². The molecule has 0 bridgehead atoms. The van der Waals surface area contributed by atoms with Crippen molar-refractivity contribution >= 4 is 5.91 Å². The van der Waals surface area contributed by atoms with E-state index in [0.717, 1.165) is 4.90 Å². The van der Waals surface area contributed by atoms with E-state index in [2.05, 4.69) is 0 Å². The minimum absolute atomic E-state index is 0.0966. The van der Waals surface area contributed by atoms with E-state index in [4.69, 9.17) is 10.8 Å². The van der Waals surface area contributed by atoms with Crippen LogP contribution in [0.15, 0.2) is 0 Å². The van der Waals surface area contributed by atoms with Crippen LogP contribution in [0.4, 0.5) is 8.78 Å². The van der Waals surface area contributed by atoms with Gasteiger partial charge in [-0.25, -0.2) is 8.78 Å². The first-order valence-corrected chi connectivity index (χ1v) is 4.96. The van der Waals surface area contributed by atoms with Crippen LogP contribution in [0.2, 0.25) is 0 Å². The lowest BCUT2D eigenvalue weighted by atomic mass is 10.1. The van der Waals surface area contributed by atoms with E-state index in [1.807, 2.05) is 6.92 Å². The summed E-state index contributed by atoms with van der Waals surface area (Å²) in [5, 5.41) is 8.63. The molecule has 0 rings (SSSR count). The number of carbonyl (C=O) groups excluding carboxylic acids is 1. The third kappa shape index (κ3) is 5.64. The van der Waals surface area contributed by atoms with Crippen LogP contribution in [-0.4, -0.2) is 48.1 Å². The Bertz CT molecular complexity index is 191. The molecule has 4 nitrogen and oxygen atoms in total. The summed E-state index contributed by atoms with van der Waals surface area (Å²) in [6, 6.07) is -0.750. The van der Waals surface area contributed by atoms with Gasteiger partial charge in [0.1, 0.15) is 0 Å². The van der Waals surface area contributed by atoms with Gasteiger partial charge in [-0.1, -0.05) is 13.3 Å². The van der Waals surface area contributed by atoms with Crippen molar-refractivity contribution in [3.8, 4) is 0 Å². The number of halogens is 2. The molecule has 0 aliphatic carbocycles. The first-order chi connectivity index (χ1) is 7.02. The van der Waals surface area contributed by atoms with Crippen LogP contribution < -0.4 is 5.73 Å². The number of amides is 1. The fourth-order valence-corrected chi connectivity index (χ4v) is 1.25. The predicted octanol–water partition coefficient (Wildman–Crippen LogP) is 0.200. The number of hydrogen-bond donors (Lipinski definition) is 2. The quantitative estimate of drug-likeness (QED) is 0.649. The minimum atomic E-state index is -2.60. The molecule has 0 heterocycles. The Morgan fingerprint density at radius 2 is 2.13 bits per heavy atom. The van der Waals surface area contributed by atoms with Crippen molar-refractivity contribution in [1.82, 2.24) is 4.90 Å². The summed E-state index contributed by atoms with van der Waals surface area (Å²) in [6.07, 6.45) is -1.42. The molecule has 0 radical (unpaired) electrons. The zero-order valence-electron chi connectivity index (χ0n) is 8.83. The van der Waals surface area contributed by atoms with E-state index in [9.17, 15) is 13.6 Å². The monoisotopic (exact) mass is 224 g/mol. The minimum Gasteiger partial charge on any atom is -0.395 e. The maximum atomic E-state index is 12.1. The van der Waals surface area contributed by atoms with Crippen LogP contribution in [0.3, 0.4) is 0 Å². The van der Waals surface area contributed by atoms with Gasteiger partial charge < -0.3 is 15.7 Å². The molecule has 1 atom stereocenters. The second-order valence-corrected chi connectivity index (χ2v) is 3.29. The SMILES string of the molecule is CCC[C@H](N)C(=O)N(CCO)CC(F)F. The van der Waals surface area contributed by atoms with Crippen molar-refractivity contribution in [3.63, 3.8) is 0 Å². The Balaban J connectivity index is 4.26. The van der Waals surface area contributed by atoms with Gasteiger partial charge in [-0.3, -0.25) is 4.79 Å². The van der Waals surface area contributed by atoms with Gasteiger partial charge in [-0.15, -0.1) is 0 Å². The molecule has 0 aliphatic rings. The molecule has 0 saturated carbocycles. The normalized spacial score (nSPS) is 12.9. The van der Waals surface area contributed by atoms with E-state index < -0.39 is 24.9 Å². The fourth-order valence-electron chi connectivity index (χ4n) is 1.25. The number of hydrogen-bond acceptors (Lipinski definition) is 3. The van der Waals surface area contributed by atoms with E-state index in [1.54, 1.807) is 0 Å². The van der Waals surface area contributed by atoms with Gasteiger partial charge in [-0.2, -0.15) is 0 Å². The number of alkyl halides is 2. The molecule has 3 N–H and O–H groups in total. The molecule has 90 valence electrons. The molecule has 1 amide bonds. The van der Waals surface area contributed by atoms with Crippen LogP contribution in [-0.2, 0) is 4.79 Å². The number of carbonyl (C=O) groups is 1. The largest absolute Gasteiger partial charge is 0.395 e. The molecule has 6 heteroatoms. The molecular weight excluding hydrogens is 206 g/mol. The highest BCUT2D eigenvalue weighted by Gasteiger charge is 2.22. The molecule has 15 heavy (non-hydrogen) atoms. The predicted molar refractivity (Wildman–Crippen MR) is 52.6 cm³/mol. The zero-order chi connectivity index (χ0) is 11.8. The van der Waals surface area contributed by atoms with Gasteiger partial charge in [0.2, 0.25) is 5.91 Å². The number of aliphatic hydroxyl groups is 1. The van der Waals surface area contributed by atoms with Gasteiger partial charge in [-0.05, 0) is 6.42 Å². The molecule has 0 aromatic carbocycles. The second kappa shape index (κ2) is 7.53.